The Balaban J connectivity index is 0. The molecule has 0 spiro atoms. The molecule has 8 nitrogen and oxygen atoms in total. The van der Waals surface area contributed by atoms with E-state index in [1.807, 2.05) is 0 Å². The van der Waals surface area contributed by atoms with Crippen LogP contribution >= 0.6 is 0 Å². The van der Waals surface area contributed by atoms with Crippen molar-refractivity contribution in [1.82, 2.24) is 5.32 Å². The zero-order valence-electron chi connectivity index (χ0n) is 12.5. The number of carbonyl (C=O) groups is 1. The van der Waals surface area contributed by atoms with Gasteiger partial charge in [0.15, 0.2) is 0 Å². The molecule has 0 unspecified atom stereocenters. The lowest BCUT2D eigenvalue weighted by Crippen LogP contribution is -2.47. The molecule has 0 aromatic heterocycles. The summed E-state index contributed by atoms with van der Waals surface area (Å²) in [4.78, 5) is 10.8. The Bertz CT molecular complexity index is 547. The number of carbonyl (C=O) groups excluding carboxylic acids is 1. The fourth-order valence-electron chi connectivity index (χ4n) is 1.30. The van der Waals surface area contributed by atoms with Crippen molar-refractivity contribution in [3.63, 3.8) is 0 Å². The molecule has 0 fully saturated rings. The van der Waals surface area contributed by atoms with Crippen LogP contribution in [-0.4, -0.2) is 48.9 Å². The lowest BCUT2D eigenvalue weighted by molar-refractivity contribution is -0.117. The van der Waals surface area contributed by atoms with E-state index in [9.17, 15) is 21.6 Å². The fraction of sp³-hybridized carbons (Fsp3) is 0.727. The van der Waals surface area contributed by atoms with Crippen LogP contribution in [-0.2, 0) is 25.0 Å². The quantitative estimate of drug-likeness (QED) is 0.470. The van der Waals surface area contributed by atoms with Crippen LogP contribution in [0.15, 0.2) is 12.7 Å². The van der Waals surface area contributed by atoms with E-state index < -0.39 is 37.4 Å². The minimum Gasteiger partial charge on any atom is -0.347 e. The Hall–Kier alpha value is -0.970. The normalized spacial score (nSPS) is 12.3. The van der Waals surface area contributed by atoms with Gasteiger partial charge in [-0.05, 0) is 25.8 Å². The third-order valence-electron chi connectivity index (χ3n) is 1.73. The lowest BCUT2D eigenvalue weighted by Gasteiger charge is -2.23. The molecule has 21 heavy (non-hydrogen) atoms. The third kappa shape index (κ3) is 19.0. The van der Waals surface area contributed by atoms with E-state index in [0.29, 0.717) is 0 Å². The molecule has 0 radical (unpaired) electrons. The zero-order valence-corrected chi connectivity index (χ0v) is 14.2. The SMILES string of the molecule is C=CC(=O)NC(C)(C)CS(=O)(=O)O.CC(C)CS(=O)(=O)O. The molecule has 0 aromatic rings. The first-order chi connectivity index (χ1) is 9.08. The molecule has 0 rings (SSSR count). The Labute approximate surface area is 126 Å². The second kappa shape index (κ2) is 8.47. The van der Waals surface area contributed by atoms with Gasteiger partial charge in [-0.25, -0.2) is 0 Å². The molecular weight excluding hydrogens is 322 g/mol. The number of hydrogen-bond acceptors (Lipinski definition) is 5. The molecule has 0 heterocycles. The summed E-state index contributed by atoms with van der Waals surface area (Å²) in [6.45, 7) is 9.65. The highest BCUT2D eigenvalue weighted by Crippen LogP contribution is 2.05. The summed E-state index contributed by atoms with van der Waals surface area (Å²) in [5.74, 6) is -1.15. The Kier molecular flexibility index (Phi) is 9.00. The average Bonchev–Trinajstić information content (AvgIpc) is 2.08. The molecular formula is C11H23NO7S2. The molecule has 0 saturated heterocycles. The van der Waals surface area contributed by atoms with Crippen LogP contribution in [0.25, 0.3) is 0 Å². The molecule has 10 heteroatoms. The van der Waals surface area contributed by atoms with Crippen LogP contribution in [0.5, 0.6) is 0 Å². The van der Waals surface area contributed by atoms with E-state index in [4.69, 9.17) is 9.11 Å². The number of amides is 1. The highest BCUT2D eigenvalue weighted by atomic mass is 32.2. The highest BCUT2D eigenvalue weighted by Gasteiger charge is 2.25. The minimum absolute atomic E-state index is 0.00463. The van der Waals surface area contributed by atoms with E-state index in [-0.39, 0.29) is 11.7 Å². The molecule has 0 saturated carbocycles. The summed E-state index contributed by atoms with van der Waals surface area (Å²) in [6.07, 6.45) is 1.03. The lowest BCUT2D eigenvalue weighted by atomic mass is 10.1. The summed E-state index contributed by atoms with van der Waals surface area (Å²) in [6, 6.07) is 0. The van der Waals surface area contributed by atoms with Crippen molar-refractivity contribution in [1.29, 1.82) is 0 Å². The van der Waals surface area contributed by atoms with Gasteiger partial charge in [-0.2, -0.15) is 16.8 Å². The van der Waals surface area contributed by atoms with Crippen molar-refractivity contribution in [2.24, 2.45) is 5.92 Å². The highest BCUT2D eigenvalue weighted by molar-refractivity contribution is 7.86. The summed E-state index contributed by atoms with van der Waals surface area (Å²) < 4.78 is 57.7. The average molecular weight is 345 g/mol. The Morgan fingerprint density at radius 2 is 1.62 bits per heavy atom. The molecule has 0 aromatic carbocycles. The number of rotatable bonds is 6. The van der Waals surface area contributed by atoms with Crippen molar-refractivity contribution in [2.75, 3.05) is 11.5 Å². The molecule has 0 aliphatic heterocycles. The summed E-state index contributed by atoms with van der Waals surface area (Å²) >= 11 is 0. The van der Waals surface area contributed by atoms with Crippen LogP contribution in [0, 0.1) is 5.92 Å². The maximum atomic E-state index is 10.8. The molecule has 1 amide bonds. The van der Waals surface area contributed by atoms with Gasteiger partial charge in [0, 0.05) is 0 Å². The Morgan fingerprint density at radius 1 is 1.19 bits per heavy atom. The van der Waals surface area contributed by atoms with Gasteiger partial charge in [0.1, 0.15) is 0 Å². The summed E-state index contributed by atoms with van der Waals surface area (Å²) in [7, 11) is -7.81. The van der Waals surface area contributed by atoms with Gasteiger partial charge in [-0.15, -0.1) is 0 Å². The number of nitrogens with one attached hydrogen (secondary N) is 1. The van der Waals surface area contributed by atoms with Crippen molar-refractivity contribution >= 4 is 26.1 Å². The molecule has 0 atom stereocenters. The maximum Gasteiger partial charge on any atom is 0.267 e. The van der Waals surface area contributed by atoms with E-state index in [0.717, 1.165) is 6.08 Å². The van der Waals surface area contributed by atoms with E-state index >= 15 is 0 Å². The van der Waals surface area contributed by atoms with Crippen LogP contribution < -0.4 is 5.32 Å². The minimum atomic E-state index is -4.08. The first-order valence-electron chi connectivity index (χ1n) is 5.93. The van der Waals surface area contributed by atoms with Crippen molar-refractivity contribution < 1.29 is 30.7 Å². The monoisotopic (exact) mass is 345 g/mol. The maximum absolute atomic E-state index is 10.8. The van der Waals surface area contributed by atoms with Gasteiger partial charge >= 0.3 is 0 Å². The predicted octanol–water partition coefficient (Wildman–Crippen LogP) is 0.485. The summed E-state index contributed by atoms with van der Waals surface area (Å²) in [5, 5.41) is 2.37. The van der Waals surface area contributed by atoms with E-state index in [1.165, 1.54) is 13.8 Å². The molecule has 0 aliphatic carbocycles. The fourth-order valence-corrected chi connectivity index (χ4v) is 3.12. The number of hydrogen-bond donors (Lipinski definition) is 3. The van der Waals surface area contributed by atoms with Crippen LogP contribution in [0.2, 0.25) is 0 Å². The van der Waals surface area contributed by atoms with Crippen molar-refractivity contribution in [2.45, 2.75) is 33.2 Å². The first-order valence-corrected chi connectivity index (χ1v) is 9.15. The molecule has 126 valence electrons. The van der Waals surface area contributed by atoms with Crippen LogP contribution in [0.3, 0.4) is 0 Å². The third-order valence-corrected chi connectivity index (χ3v) is 3.91. The largest absolute Gasteiger partial charge is 0.347 e. The summed E-state index contributed by atoms with van der Waals surface area (Å²) in [5.41, 5.74) is -1.00. The first kappa shape index (κ1) is 22.3. The van der Waals surface area contributed by atoms with Crippen molar-refractivity contribution in [3.8, 4) is 0 Å². The van der Waals surface area contributed by atoms with Crippen LogP contribution in [0.1, 0.15) is 27.7 Å². The predicted molar refractivity (Wildman–Crippen MR) is 80.1 cm³/mol. The van der Waals surface area contributed by atoms with Crippen LogP contribution in [0.4, 0.5) is 0 Å². The van der Waals surface area contributed by atoms with E-state index in [1.54, 1.807) is 13.8 Å². The van der Waals surface area contributed by atoms with Gasteiger partial charge in [0.2, 0.25) is 5.91 Å². The van der Waals surface area contributed by atoms with Gasteiger partial charge in [0.05, 0.1) is 17.0 Å². The van der Waals surface area contributed by atoms with Gasteiger partial charge < -0.3 is 5.32 Å². The van der Waals surface area contributed by atoms with Crippen molar-refractivity contribution in [3.05, 3.63) is 12.7 Å². The van der Waals surface area contributed by atoms with Gasteiger partial charge in [0.25, 0.3) is 20.2 Å². The van der Waals surface area contributed by atoms with E-state index in [2.05, 4.69) is 11.9 Å². The molecule has 3 N–H and O–H groups in total. The molecule has 0 aliphatic rings. The topological polar surface area (TPSA) is 138 Å². The zero-order chi connectivity index (χ0) is 17.5. The molecule has 0 bridgehead atoms. The Morgan fingerprint density at radius 3 is 1.81 bits per heavy atom. The van der Waals surface area contributed by atoms with Gasteiger partial charge in [-0.1, -0.05) is 20.4 Å². The standard InChI is InChI=1S/C7H13NO4S.C4H10O3S/c1-4-6(9)8-7(2,3)5-13(10,11)12;1-4(2)3-8(5,6)7/h4H,1,5H2,2-3H3,(H,8,9)(H,10,11,12);4H,3H2,1-2H3,(H,5,6,7). The second-order valence-corrected chi connectivity index (χ2v) is 8.40. The smallest absolute Gasteiger partial charge is 0.267 e. The van der Waals surface area contributed by atoms with Gasteiger partial charge in [-0.3, -0.25) is 13.9 Å². The second-order valence-electron chi connectivity index (χ2n) is 5.45.